The van der Waals surface area contributed by atoms with Gasteiger partial charge in [0.25, 0.3) is 0 Å². The summed E-state index contributed by atoms with van der Waals surface area (Å²) in [6, 6.07) is 0.0176. The van der Waals surface area contributed by atoms with Crippen molar-refractivity contribution in [2.24, 2.45) is 5.92 Å². The Labute approximate surface area is 109 Å². The van der Waals surface area contributed by atoms with Gasteiger partial charge in [-0.3, -0.25) is 10.1 Å². The van der Waals surface area contributed by atoms with Crippen LogP contribution >= 0.6 is 11.8 Å². The van der Waals surface area contributed by atoms with Crippen LogP contribution in [-0.2, 0) is 4.79 Å². The second kappa shape index (κ2) is 4.81. The van der Waals surface area contributed by atoms with E-state index in [0.29, 0.717) is 16.6 Å². The zero-order chi connectivity index (χ0) is 12.6. The fourth-order valence-corrected chi connectivity index (χ4v) is 3.76. The summed E-state index contributed by atoms with van der Waals surface area (Å²) < 4.78 is 0.345. The van der Waals surface area contributed by atoms with Gasteiger partial charge in [0.2, 0.25) is 5.91 Å². The van der Waals surface area contributed by atoms with Crippen molar-refractivity contribution in [1.29, 1.82) is 0 Å². The molecule has 2 atom stereocenters. The third kappa shape index (κ3) is 2.34. The van der Waals surface area contributed by atoms with Crippen LogP contribution in [0.4, 0.5) is 0 Å². The van der Waals surface area contributed by atoms with Crippen molar-refractivity contribution in [3.63, 3.8) is 0 Å². The molecular formula is C13H24N2OS. The van der Waals surface area contributed by atoms with Gasteiger partial charge in [-0.2, -0.15) is 11.8 Å². The predicted octanol–water partition coefficient (Wildman–Crippen LogP) is 2.07. The SMILES string of the molecule is CSC1(CN2C(=O)C(C(C)C)NC2C)CCC1. The van der Waals surface area contributed by atoms with E-state index in [2.05, 4.69) is 37.2 Å². The lowest BCUT2D eigenvalue weighted by Gasteiger charge is -2.43. The molecule has 1 N–H and O–H groups in total. The number of thioether (sulfide) groups is 1. The Morgan fingerprint density at radius 3 is 2.53 bits per heavy atom. The summed E-state index contributed by atoms with van der Waals surface area (Å²) in [6.45, 7) is 7.25. The molecule has 2 aliphatic rings. The Balaban J connectivity index is 2.03. The maximum absolute atomic E-state index is 12.3. The summed E-state index contributed by atoms with van der Waals surface area (Å²) in [7, 11) is 0. The minimum absolute atomic E-state index is 0.0176. The molecule has 1 aliphatic carbocycles. The Bertz CT molecular complexity index is 296. The number of carbonyl (C=O) groups excluding carboxylic acids is 1. The molecule has 0 aromatic rings. The van der Waals surface area contributed by atoms with E-state index in [9.17, 15) is 4.79 Å². The Kier molecular flexibility index (Phi) is 3.74. The van der Waals surface area contributed by atoms with Gasteiger partial charge in [0.1, 0.15) is 0 Å². The van der Waals surface area contributed by atoms with E-state index in [4.69, 9.17) is 0 Å². The molecule has 3 nitrogen and oxygen atoms in total. The first-order chi connectivity index (χ1) is 7.99. The van der Waals surface area contributed by atoms with E-state index in [0.717, 1.165) is 6.54 Å². The molecule has 2 rings (SSSR count). The fourth-order valence-electron chi connectivity index (χ4n) is 2.79. The molecule has 0 spiro atoms. The van der Waals surface area contributed by atoms with Crippen molar-refractivity contribution in [1.82, 2.24) is 10.2 Å². The predicted molar refractivity (Wildman–Crippen MR) is 73.0 cm³/mol. The fraction of sp³-hybridized carbons (Fsp3) is 0.923. The highest BCUT2D eigenvalue weighted by molar-refractivity contribution is 8.00. The second-order valence-corrected chi connectivity index (χ2v) is 7.05. The molecule has 0 radical (unpaired) electrons. The highest BCUT2D eigenvalue weighted by atomic mass is 32.2. The minimum Gasteiger partial charge on any atom is -0.325 e. The highest BCUT2D eigenvalue weighted by Crippen LogP contribution is 2.44. The number of hydrogen-bond acceptors (Lipinski definition) is 3. The lowest BCUT2D eigenvalue weighted by Crippen LogP contribution is -2.49. The van der Waals surface area contributed by atoms with Crippen molar-refractivity contribution in [3.8, 4) is 0 Å². The molecule has 1 saturated heterocycles. The molecule has 4 heteroatoms. The maximum atomic E-state index is 12.3. The van der Waals surface area contributed by atoms with Gasteiger partial charge in [-0.25, -0.2) is 0 Å². The number of amides is 1. The van der Waals surface area contributed by atoms with Gasteiger partial charge in [-0.15, -0.1) is 0 Å². The van der Waals surface area contributed by atoms with Gasteiger partial charge in [0.05, 0.1) is 12.2 Å². The molecule has 1 aliphatic heterocycles. The summed E-state index contributed by atoms with van der Waals surface area (Å²) in [6.07, 6.45) is 6.21. The molecule has 2 fully saturated rings. The first kappa shape index (κ1) is 13.2. The van der Waals surface area contributed by atoms with Crippen LogP contribution in [0.2, 0.25) is 0 Å². The summed E-state index contributed by atoms with van der Waals surface area (Å²) in [5, 5.41) is 3.42. The van der Waals surface area contributed by atoms with E-state index >= 15 is 0 Å². The van der Waals surface area contributed by atoms with Crippen LogP contribution in [0.25, 0.3) is 0 Å². The number of rotatable bonds is 4. The van der Waals surface area contributed by atoms with E-state index in [1.165, 1.54) is 19.3 Å². The smallest absolute Gasteiger partial charge is 0.241 e. The Morgan fingerprint density at radius 1 is 1.53 bits per heavy atom. The van der Waals surface area contributed by atoms with Gasteiger partial charge >= 0.3 is 0 Å². The summed E-state index contributed by atoms with van der Waals surface area (Å²) in [5.74, 6) is 0.675. The zero-order valence-electron chi connectivity index (χ0n) is 11.3. The van der Waals surface area contributed by atoms with E-state index in [1.807, 2.05) is 11.8 Å². The van der Waals surface area contributed by atoms with Crippen LogP contribution in [0, 0.1) is 5.92 Å². The van der Waals surface area contributed by atoms with Crippen LogP contribution in [0.15, 0.2) is 0 Å². The second-order valence-electron chi connectivity index (χ2n) is 5.77. The van der Waals surface area contributed by atoms with Crippen molar-refractivity contribution in [3.05, 3.63) is 0 Å². The van der Waals surface area contributed by atoms with Gasteiger partial charge in [-0.1, -0.05) is 20.3 Å². The molecule has 0 aromatic heterocycles. The zero-order valence-corrected chi connectivity index (χ0v) is 12.1. The van der Waals surface area contributed by atoms with Gasteiger partial charge in [0, 0.05) is 11.3 Å². The average molecular weight is 256 g/mol. The first-order valence-corrected chi connectivity index (χ1v) is 7.83. The van der Waals surface area contributed by atoms with E-state index in [-0.39, 0.29) is 12.2 Å². The molecular weight excluding hydrogens is 232 g/mol. The molecule has 1 heterocycles. The highest BCUT2D eigenvalue weighted by Gasteiger charge is 2.44. The third-order valence-electron chi connectivity index (χ3n) is 4.26. The van der Waals surface area contributed by atoms with Gasteiger partial charge in [-0.05, 0) is 31.9 Å². The quantitative estimate of drug-likeness (QED) is 0.836. The lowest BCUT2D eigenvalue weighted by molar-refractivity contribution is -0.131. The molecule has 0 aromatic carbocycles. The van der Waals surface area contributed by atoms with Gasteiger partial charge in [0.15, 0.2) is 0 Å². The molecule has 2 unspecified atom stereocenters. The molecule has 1 amide bonds. The first-order valence-electron chi connectivity index (χ1n) is 6.61. The molecule has 1 saturated carbocycles. The monoisotopic (exact) mass is 256 g/mol. The van der Waals surface area contributed by atoms with Gasteiger partial charge < -0.3 is 4.90 Å². The molecule has 17 heavy (non-hydrogen) atoms. The van der Waals surface area contributed by atoms with Crippen LogP contribution < -0.4 is 5.32 Å². The van der Waals surface area contributed by atoms with Crippen molar-refractivity contribution < 1.29 is 4.79 Å². The Morgan fingerprint density at radius 2 is 2.18 bits per heavy atom. The van der Waals surface area contributed by atoms with Crippen molar-refractivity contribution in [2.75, 3.05) is 12.8 Å². The number of hydrogen-bond donors (Lipinski definition) is 1. The summed E-state index contributed by atoms with van der Waals surface area (Å²) in [5.41, 5.74) is 0. The van der Waals surface area contributed by atoms with E-state index < -0.39 is 0 Å². The topological polar surface area (TPSA) is 32.3 Å². The largest absolute Gasteiger partial charge is 0.325 e. The van der Waals surface area contributed by atoms with Crippen molar-refractivity contribution in [2.45, 2.75) is 57.0 Å². The summed E-state index contributed by atoms with van der Waals surface area (Å²) in [4.78, 5) is 14.4. The standard InChI is InChI=1S/C13H24N2OS/c1-9(2)11-12(16)15(10(3)14-11)8-13(17-4)6-5-7-13/h9-11,14H,5-8H2,1-4H3. The molecule has 0 bridgehead atoms. The van der Waals surface area contributed by atoms with Crippen LogP contribution in [0.3, 0.4) is 0 Å². The van der Waals surface area contributed by atoms with E-state index in [1.54, 1.807) is 0 Å². The normalized spacial score (nSPS) is 32.1. The van der Waals surface area contributed by atoms with Crippen molar-refractivity contribution >= 4 is 17.7 Å². The average Bonchev–Trinajstić information content (AvgIpc) is 2.50. The number of carbonyl (C=O) groups is 1. The number of nitrogens with one attached hydrogen (secondary N) is 1. The Hall–Kier alpha value is -0.220. The lowest BCUT2D eigenvalue weighted by atomic mass is 9.83. The number of nitrogens with zero attached hydrogens (tertiary/aromatic N) is 1. The van der Waals surface area contributed by atoms with Crippen LogP contribution in [-0.4, -0.2) is 40.6 Å². The minimum atomic E-state index is 0.0176. The van der Waals surface area contributed by atoms with Crippen LogP contribution in [0.5, 0.6) is 0 Å². The summed E-state index contributed by atoms with van der Waals surface area (Å²) >= 11 is 1.94. The third-order valence-corrected chi connectivity index (χ3v) is 5.66. The van der Waals surface area contributed by atoms with Crippen LogP contribution in [0.1, 0.15) is 40.0 Å². The maximum Gasteiger partial charge on any atom is 0.241 e. The molecule has 98 valence electrons.